The highest BCUT2D eigenvalue weighted by Crippen LogP contribution is 2.26. The number of aryl methyl sites for hydroxylation is 1. The molecule has 5 nitrogen and oxygen atoms in total. The Hall–Kier alpha value is -1.83. The second-order valence-electron chi connectivity index (χ2n) is 3.79. The maximum absolute atomic E-state index is 13.4. The molecule has 0 fully saturated rings. The lowest BCUT2D eigenvalue weighted by atomic mass is 10.1. The van der Waals surface area contributed by atoms with Crippen LogP contribution < -0.4 is 11.1 Å². The molecule has 0 amide bonds. The molecule has 0 saturated heterocycles. The Morgan fingerprint density at radius 2 is 2.11 bits per heavy atom. The van der Waals surface area contributed by atoms with Crippen LogP contribution in [-0.4, -0.2) is 23.9 Å². The van der Waals surface area contributed by atoms with Crippen molar-refractivity contribution in [3.8, 4) is 0 Å². The minimum atomic E-state index is -3.16. The molecule has 1 rings (SSSR count). The molecule has 0 aliphatic heterocycles. The Balaban J connectivity index is 2.92. The van der Waals surface area contributed by atoms with Crippen molar-refractivity contribution in [1.82, 2.24) is 0 Å². The molecule has 18 heavy (non-hydrogen) atoms. The molecule has 8 heteroatoms. The van der Waals surface area contributed by atoms with Gasteiger partial charge in [-0.3, -0.25) is 10.1 Å². The van der Waals surface area contributed by atoms with Gasteiger partial charge in [-0.05, 0) is 13.0 Å². The summed E-state index contributed by atoms with van der Waals surface area (Å²) in [5.41, 5.74) is 4.39. The number of hydrogen-bond acceptors (Lipinski definition) is 4. The molecule has 0 saturated carbocycles. The summed E-state index contributed by atoms with van der Waals surface area (Å²) in [7, 11) is 0. The third-order valence-electron chi connectivity index (χ3n) is 2.32. The highest BCUT2D eigenvalue weighted by molar-refractivity contribution is 5.54. The fraction of sp³-hybridized carbons (Fsp3) is 0.400. The third kappa shape index (κ3) is 3.33. The lowest BCUT2D eigenvalue weighted by Crippen LogP contribution is -2.35. The number of anilines is 1. The van der Waals surface area contributed by atoms with E-state index < -0.39 is 35.4 Å². The SMILES string of the molecule is Cc1cc(NCC(F)(F)CN)c(F)cc1[N+](=O)[O-]. The van der Waals surface area contributed by atoms with Crippen LogP contribution in [0.25, 0.3) is 0 Å². The quantitative estimate of drug-likeness (QED) is 0.629. The number of nitrogens with zero attached hydrogens (tertiary/aromatic N) is 1. The summed E-state index contributed by atoms with van der Waals surface area (Å²) < 4.78 is 39.1. The highest BCUT2D eigenvalue weighted by atomic mass is 19.3. The summed E-state index contributed by atoms with van der Waals surface area (Å²) in [6, 6.07) is 1.80. The summed E-state index contributed by atoms with van der Waals surface area (Å²) in [5.74, 6) is -4.12. The van der Waals surface area contributed by atoms with Gasteiger partial charge in [-0.25, -0.2) is 13.2 Å². The van der Waals surface area contributed by atoms with Crippen LogP contribution >= 0.6 is 0 Å². The van der Waals surface area contributed by atoms with Crippen molar-refractivity contribution in [2.45, 2.75) is 12.8 Å². The monoisotopic (exact) mass is 263 g/mol. The molecule has 3 N–H and O–H groups in total. The van der Waals surface area contributed by atoms with Gasteiger partial charge in [0.15, 0.2) is 5.82 Å². The summed E-state index contributed by atoms with van der Waals surface area (Å²) >= 11 is 0. The first-order valence-corrected chi connectivity index (χ1v) is 5.03. The third-order valence-corrected chi connectivity index (χ3v) is 2.32. The van der Waals surface area contributed by atoms with Crippen LogP contribution in [0.5, 0.6) is 0 Å². The lowest BCUT2D eigenvalue weighted by Gasteiger charge is -2.16. The fourth-order valence-electron chi connectivity index (χ4n) is 1.30. The van der Waals surface area contributed by atoms with E-state index in [2.05, 4.69) is 5.32 Å². The minimum Gasteiger partial charge on any atom is -0.377 e. The molecule has 0 aliphatic rings. The number of hydrogen-bond donors (Lipinski definition) is 2. The topological polar surface area (TPSA) is 81.2 Å². The fourth-order valence-corrected chi connectivity index (χ4v) is 1.30. The van der Waals surface area contributed by atoms with E-state index in [1.807, 2.05) is 0 Å². The predicted molar refractivity (Wildman–Crippen MR) is 60.3 cm³/mol. The maximum Gasteiger partial charge on any atom is 0.276 e. The molecule has 0 aliphatic carbocycles. The van der Waals surface area contributed by atoms with Gasteiger partial charge in [0.25, 0.3) is 11.6 Å². The summed E-state index contributed by atoms with van der Waals surface area (Å²) in [6.07, 6.45) is 0. The van der Waals surface area contributed by atoms with E-state index in [0.717, 1.165) is 6.07 Å². The van der Waals surface area contributed by atoms with Gasteiger partial charge >= 0.3 is 0 Å². The van der Waals surface area contributed by atoms with Crippen LogP contribution in [0.3, 0.4) is 0 Å². The number of rotatable bonds is 5. The molecule has 0 unspecified atom stereocenters. The minimum absolute atomic E-state index is 0.181. The Morgan fingerprint density at radius 1 is 1.50 bits per heavy atom. The van der Waals surface area contributed by atoms with Gasteiger partial charge in [0, 0.05) is 5.56 Å². The van der Waals surface area contributed by atoms with Gasteiger partial charge < -0.3 is 11.1 Å². The zero-order valence-corrected chi connectivity index (χ0v) is 9.54. The first-order chi connectivity index (χ1) is 8.26. The van der Waals surface area contributed by atoms with Gasteiger partial charge in [0.2, 0.25) is 0 Å². The first kappa shape index (κ1) is 14.2. The largest absolute Gasteiger partial charge is 0.377 e. The first-order valence-electron chi connectivity index (χ1n) is 5.03. The van der Waals surface area contributed by atoms with Crippen LogP contribution in [-0.2, 0) is 0 Å². The van der Waals surface area contributed by atoms with Gasteiger partial charge in [0.05, 0.1) is 29.8 Å². The van der Waals surface area contributed by atoms with Crippen LogP contribution in [0.4, 0.5) is 24.5 Å². The van der Waals surface area contributed by atoms with Crippen molar-refractivity contribution < 1.29 is 18.1 Å². The molecule has 0 spiro atoms. The number of nitrogens with one attached hydrogen (secondary N) is 1. The number of halogens is 3. The number of nitrogens with two attached hydrogens (primary N) is 1. The second-order valence-corrected chi connectivity index (χ2v) is 3.79. The second kappa shape index (κ2) is 5.21. The van der Waals surface area contributed by atoms with E-state index in [9.17, 15) is 23.3 Å². The van der Waals surface area contributed by atoms with Gasteiger partial charge in [-0.1, -0.05) is 0 Å². The molecular formula is C10H12F3N3O2. The van der Waals surface area contributed by atoms with Crippen LogP contribution in [0, 0.1) is 22.9 Å². The van der Waals surface area contributed by atoms with Crippen molar-refractivity contribution in [2.75, 3.05) is 18.4 Å². The van der Waals surface area contributed by atoms with E-state index in [1.165, 1.54) is 6.92 Å². The average molecular weight is 263 g/mol. The molecule has 0 heterocycles. The normalized spacial score (nSPS) is 11.4. The highest BCUT2D eigenvalue weighted by Gasteiger charge is 2.27. The smallest absolute Gasteiger partial charge is 0.276 e. The van der Waals surface area contributed by atoms with Crippen molar-refractivity contribution in [2.24, 2.45) is 5.73 Å². The standard InChI is InChI=1S/C10H12F3N3O2/c1-6-2-8(15-5-10(12,13)4-14)7(11)3-9(6)16(17)18/h2-3,15H,4-5,14H2,1H3. The van der Waals surface area contributed by atoms with E-state index in [4.69, 9.17) is 5.73 Å². The number of benzene rings is 1. The van der Waals surface area contributed by atoms with E-state index in [0.29, 0.717) is 6.07 Å². The Labute approximate surface area is 101 Å². The van der Waals surface area contributed by atoms with Crippen molar-refractivity contribution in [3.05, 3.63) is 33.6 Å². The van der Waals surface area contributed by atoms with Crippen molar-refractivity contribution >= 4 is 11.4 Å². The molecule has 0 atom stereocenters. The molecular weight excluding hydrogens is 251 g/mol. The summed E-state index contributed by atoms with van der Waals surface area (Å²) in [6.45, 7) is -0.310. The molecule has 1 aromatic carbocycles. The average Bonchev–Trinajstić information content (AvgIpc) is 2.29. The number of nitro groups is 1. The number of nitro benzene ring substituents is 1. The lowest BCUT2D eigenvalue weighted by molar-refractivity contribution is -0.385. The van der Waals surface area contributed by atoms with Gasteiger partial charge in [-0.15, -0.1) is 0 Å². The molecule has 0 radical (unpaired) electrons. The number of alkyl halides is 2. The van der Waals surface area contributed by atoms with Gasteiger partial charge in [0.1, 0.15) is 0 Å². The van der Waals surface area contributed by atoms with Gasteiger partial charge in [-0.2, -0.15) is 0 Å². The zero-order chi connectivity index (χ0) is 13.9. The molecule has 0 aromatic heterocycles. The summed E-state index contributed by atoms with van der Waals surface area (Å²) in [5, 5.41) is 12.7. The Kier molecular flexibility index (Phi) is 4.12. The Bertz CT molecular complexity index is 466. The molecule has 0 bridgehead atoms. The summed E-state index contributed by atoms with van der Waals surface area (Å²) in [4.78, 5) is 9.79. The van der Waals surface area contributed by atoms with Crippen molar-refractivity contribution in [1.29, 1.82) is 0 Å². The van der Waals surface area contributed by atoms with E-state index >= 15 is 0 Å². The predicted octanol–water partition coefficient (Wildman–Crippen LogP) is 2.05. The Morgan fingerprint density at radius 3 is 2.61 bits per heavy atom. The van der Waals surface area contributed by atoms with Crippen LogP contribution in [0.2, 0.25) is 0 Å². The van der Waals surface area contributed by atoms with Crippen LogP contribution in [0.1, 0.15) is 5.56 Å². The zero-order valence-electron chi connectivity index (χ0n) is 9.54. The molecule has 1 aromatic rings. The molecule has 100 valence electrons. The van der Waals surface area contributed by atoms with E-state index in [-0.39, 0.29) is 11.3 Å². The van der Waals surface area contributed by atoms with E-state index in [1.54, 1.807) is 0 Å². The van der Waals surface area contributed by atoms with Crippen molar-refractivity contribution in [3.63, 3.8) is 0 Å². The van der Waals surface area contributed by atoms with Crippen LogP contribution in [0.15, 0.2) is 12.1 Å². The maximum atomic E-state index is 13.4.